The minimum Gasteiger partial charge on any atom is -0.444 e. The monoisotopic (exact) mass is 309 g/mol. The standard InChI is InChI=1S/C12H12BrN3O2/c1-16-11(13)10(7-14-16)15-12(17)18-8-9-5-3-2-4-6-9/h2-7H,8H2,1H3,(H,15,17). The first kappa shape index (κ1) is 12.6. The molecule has 94 valence electrons. The highest BCUT2D eigenvalue weighted by molar-refractivity contribution is 9.10. The molecule has 1 N–H and O–H groups in total. The van der Waals surface area contributed by atoms with Crippen molar-refractivity contribution in [1.29, 1.82) is 0 Å². The van der Waals surface area contributed by atoms with Gasteiger partial charge in [-0.05, 0) is 21.5 Å². The van der Waals surface area contributed by atoms with Gasteiger partial charge in [-0.15, -0.1) is 0 Å². The fourth-order valence-electron chi connectivity index (χ4n) is 1.38. The van der Waals surface area contributed by atoms with Crippen LogP contribution in [0, 0.1) is 0 Å². The number of rotatable bonds is 3. The van der Waals surface area contributed by atoms with Crippen molar-refractivity contribution in [1.82, 2.24) is 9.78 Å². The van der Waals surface area contributed by atoms with E-state index in [2.05, 4.69) is 26.3 Å². The van der Waals surface area contributed by atoms with Crippen LogP contribution < -0.4 is 5.32 Å². The van der Waals surface area contributed by atoms with Crippen LogP contribution in [0.15, 0.2) is 41.1 Å². The Hall–Kier alpha value is -1.82. The minimum absolute atomic E-state index is 0.241. The molecule has 1 heterocycles. The van der Waals surface area contributed by atoms with Gasteiger partial charge in [0.2, 0.25) is 0 Å². The molecular weight excluding hydrogens is 298 g/mol. The van der Waals surface area contributed by atoms with Crippen molar-refractivity contribution in [2.24, 2.45) is 7.05 Å². The lowest BCUT2D eigenvalue weighted by Crippen LogP contribution is -2.13. The highest BCUT2D eigenvalue weighted by atomic mass is 79.9. The molecule has 1 amide bonds. The van der Waals surface area contributed by atoms with Crippen molar-refractivity contribution in [3.05, 3.63) is 46.7 Å². The Kier molecular flexibility index (Phi) is 3.99. The van der Waals surface area contributed by atoms with Gasteiger partial charge in [0.15, 0.2) is 0 Å². The van der Waals surface area contributed by atoms with Gasteiger partial charge < -0.3 is 4.74 Å². The second kappa shape index (κ2) is 5.68. The number of nitrogens with zero attached hydrogens (tertiary/aromatic N) is 2. The zero-order valence-electron chi connectivity index (χ0n) is 9.76. The van der Waals surface area contributed by atoms with Gasteiger partial charge in [-0.2, -0.15) is 5.10 Å². The van der Waals surface area contributed by atoms with Crippen molar-refractivity contribution >= 4 is 27.7 Å². The minimum atomic E-state index is -0.507. The molecule has 0 aliphatic carbocycles. The van der Waals surface area contributed by atoms with Gasteiger partial charge in [-0.1, -0.05) is 30.3 Å². The first-order valence-electron chi connectivity index (χ1n) is 5.32. The Morgan fingerprint density at radius 1 is 1.44 bits per heavy atom. The molecule has 0 aliphatic heterocycles. The van der Waals surface area contributed by atoms with E-state index < -0.39 is 6.09 Å². The molecule has 0 spiro atoms. The summed E-state index contributed by atoms with van der Waals surface area (Å²) in [4.78, 5) is 11.6. The third-order valence-electron chi connectivity index (χ3n) is 2.32. The summed E-state index contributed by atoms with van der Waals surface area (Å²) in [6.07, 6.45) is 1.04. The summed E-state index contributed by atoms with van der Waals surface area (Å²) in [5.41, 5.74) is 1.52. The van der Waals surface area contributed by atoms with E-state index in [9.17, 15) is 4.79 Å². The average Bonchev–Trinajstić information content (AvgIpc) is 2.70. The van der Waals surface area contributed by atoms with Crippen LogP contribution in [0.3, 0.4) is 0 Å². The van der Waals surface area contributed by atoms with Crippen LogP contribution >= 0.6 is 15.9 Å². The molecule has 0 saturated carbocycles. The molecule has 0 atom stereocenters. The van der Waals surface area contributed by atoms with Crippen LogP contribution in [0.1, 0.15) is 5.56 Å². The number of anilines is 1. The average molecular weight is 310 g/mol. The lowest BCUT2D eigenvalue weighted by Gasteiger charge is -2.05. The number of carbonyl (C=O) groups excluding carboxylic acids is 1. The molecule has 0 unspecified atom stereocenters. The number of benzene rings is 1. The maximum absolute atomic E-state index is 11.6. The van der Waals surface area contributed by atoms with Gasteiger partial charge in [0.25, 0.3) is 0 Å². The summed E-state index contributed by atoms with van der Waals surface area (Å²) in [5.74, 6) is 0. The van der Waals surface area contributed by atoms with E-state index in [1.54, 1.807) is 17.9 Å². The van der Waals surface area contributed by atoms with E-state index in [1.165, 1.54) is 0 Å². The highest BCUT2D eigenvalue weighted by Crippen LogP contribution is 2.20. The van der Waals surface area contributed by atoms with Crippen molar-refractivity contribution in [3.63, 3.8) is 0 Å². The molecule has 18 heavy (non-hydrogen) atoms. The SMILES string of the molecule is Cn1ncc(NC(=O)OCc2ccccc2)c1Br. The summed E-state index contributed by atoms with van der Waals surface area (Å²) in [7, 11) is 1.77. The molecule has 5 nitrogen and oxygen atoms in total. The Balaban J connectivity index is 1.88. The number of hydrogen-bond donors (Lipinski definition) is 1. The van der Waals surface area contributed by atoms with Crippen LogP contribution in [-0.2, 0) is 18.4 Å². The summed E-state index contributed by atoms with van der Waals surface area (Å²) < 4.78 is 7.39. The predicted molar refractivity (Wildman–Crippen MR) is 71.2 cm³/mol. The molecule has 0 bridgehead atoms. The third kappa shape index (κ3) is 3.10. The van der Waals surface area contributed by atoms with E-state index in [0.717, 1.165) is 5.56 Å². The number of aryl methyl sites for hydroxylation is 1. The molecule has 2 aromatic rings. The van der Waals surface area contributed by atoms with Crippen LogP contribution in [0.5, 0.6) is 0 Å². The number of carbonyl (C=O) groups is 1. The Bertz CT molecular complexity index is 540. The second-order valence-electron chi connectivity index (χ2n) is 3.66. The smallest absolute Gasteiger partial charge is 0.412 e. The fourth-order valence-corrected chi connectivity index (χ4v) is 1.67. The van der Waals surface area contributed by atoms with Crippen LogP contribution in [0.2, 0.25) is 0 Å². The summed E-state index contributed by atoms with van der Waals surface area (Å²) in [6.45, 7) is 0.241. The van der Waals surface area contributed by atoms with Crippen molar-refractivity contribution < 1.29 is 9.53 Å². The lowest BCUT2D eigenvalue weighted by atomic mass is 10.2. The normalized spacial score (nSPS) is 10.1. The van der Waals surface area contributed by atoms with Gasteiger partial charge in [0, 0.05) is 7.05 Å². The van der Waals surface area contributed by atoms with E-state index in [4.69, 9.17) is 4.74 Å². The number of aromatic nitrogens is 2. The lowest BCUT2D eigenvalue weighted by molar-refractivity contribution is 0.155. The first-order chi connectivity index (χ1) is 8.66. The zero-order valence-corrected chi connectivity index (χ0v) is 11.3. The van der Waals surface area contributed by atoms with Gasteiger partial charge in [-0.25, -0.2) is 4.79 Å². The molecule has 6 heteroatoms. The van der Waals surface area contributed by atoms with Gasteiger partial charge >= 0.3 is 6.09 Å². The van der Waals surface area contributed by atoms with Crippen molar-refractivity contribution in [2.75, 3.05) is 5.32 Å². The molecule has 0 radical (unpaired) electrons. The number of ether oxygens (including phenoxy) is 1. The Morgan fingerprint density at radius 3 is 2.78 bits per heavy atom. The molecule has 0 fully saturated rings. The van der Waals surface area contributed by atoms with E-state index in [1.807, 2.05) is 30.3 Å². The summed E-state index contributed by atoms with van der Waals surface area (Å²) >= 11 is 3.30. The van der Waals surface area contributed by atoms with Gasteiger partial charge in [-0.3, -0.25) is 10.00 Å². The first-order valence-corrected chi connectivity index (χ1v) is 6.11. The van der Waals surface area contributed by atoms with Crippen LogP contribution in [0.4, 0.5) is 10.5 Å². The largest absolute Gasteiger partial charge is 0.444 e. The zero-order chi connectivity index (χ0) is 13.0. The molecule has 0 saturated heterocycles. The van der Waals surface area contributed by atoms with E-state index in [-0.39, 0.29) is 6.61 Å². The van der Waals surface area contributed by atoms with E-state index >= 15 is 0 Å². The highest BCUT2D eigenvalue weighted by Gasteiger charge is 2.09. The molecule has 1 aromatic carbocycles. The second-order valence-corrected chi connectivity index (χ2v) is 4.41. The molecule has 2 rings (SSSR count). The molecular formula is C12H12BrN3O2. The van der Waals surface area contributed by atoms with Crippen molar-refractivity contribution in [3.8, 4) is 0 Å². The van der Waals surface area contributed by atoms with Crippen LogP contribution in [-0.4, -0.2) is 15.9 Å². The fraction of sp³-hybridized carbons (Fsp3) is 0.167. The van der Waals surface area contributed by atoms with Gasteiger partial charge in [0.05, 0.1) is 11.9 Å². The third-order valence-corrected chi connectivity index (χ3v) is 3.26. The molecule has 0 aliphatic rings. The maximum Gasteiger partial charge on any atom is 0.412 e. The van der Waals surface area contributed by atoms with Crippen LogP contribution in [0.25, 0.3) is 0 Å². The topological polar surface area (TPSA) is 56.2 Å². The number of amides is 1. The molecule has 1 aromatic heterocycles. The summed E-state index contributed by atoms with van der Waals surface area (Å²) in [6, 6.07) is 9.50. The number of hydrogen-bond acceptors (Lipinski definition) is 3. The van der Waals surface area contributed by atoms with E-state index in [0.29, 0.717) is 10.3 Å². The Labute approximate surface area is 113 Å². The quantitative estimate of drug-likeness (QED) is 0.948. The number of nitrogens with one attached hydrogen (secondary N) is 1. The van der Waals surface area contributed by atoms with Gasteiger partial charge in [0.1, 0.15) is 11.2 Å². The summed E-state index contributed by atoms with van der Waals surface area (Å²) in [5, 5.41) is 6.60. The number of halogens is 1. The predicted octanol–water partition coefficient (Wildman–Crippen LogP) is 2.93. The maximum atomic E-state index is 11.6. The van der Waals surface area contributed by atoms with Crippen molar-refractivity contribution in [2.45, 2.75) is 6.61 Å². The Morgan fingerprint density at radius 2 is 2.17 bits per heavy atom.